The zero-order chi connectivity index (χ0) is 23.9. The highest BCUT2D eigenvalue weighted by Gasteiger charge is 2.36. The third-order valence-corrected chi connectivity index (χ3v) is 6.49. The van der Waals surface area contributed by atoms with Crippen molar-refractivity contribution in [1.29, 1.82) is 0 Å². The maximum atomic E-state index is 13.1. The summed E-state index contributed by atoms with van der Waals surface area (Å²) < 4.78 is 5.42. The van der Waals surface area contributed by atoms with Crippen LogP contribution in [0.5, 0.6) is 0 Å². The van der Waals surface area contributed by atoms with Gasteiger partial charge in [-0.1, -0.05) is 30.3 Å². The Morgan fingerprint density at radius 3 is 2.56 bits per heavy atom. The van der Waals surface area contributed by atoms with Crippen molar-refractivity contribution < 1.29 is 19.1 Å². The number of ether oxygens (including phenoxy) is 1. The lowest BCUT2D eigenvalue weighted by molar-refractivity contribution is -0.125. The predicted octanol–water partition coefficient (Wildman–Crippen LogP) is 2.18. The van der Waals surface area contributed by atoms with Gasteiger partial charge in [-0.2, -0.15) is 0 Å². The van der Waals surface area contributed by atoms with Crippen molar-refractivity contribution in [3.05, 3.63) is 64.7 Å². The first kappa shape index (κ1) is 23.9. The van der Waals surface area contributed by atoms with E-state index in [0.717, 1.165) is 55.9 Å². The van der Waals surface area contributed by atoms with Crippen molar-refractivity contribution in [1.82, 2.24) is 15.1 Å². The Morgan fingerprint density at radius 2 is 1.85 bits per heavy atom. The molecule has 1 saturated heterocycles. The van der Waals surface area contributed by atoms with Gasteiger partial charge in [0.2, 0.25) is 5.91 Å². The second-order valence-electron chi connectivity index (χ2n) is 8.70. The summed E-state index contributed by atoms with van der Waals surface area (Å²) in [6, 6.07) is 13.5. The summed E-state index contributed by atoms with van der Waals surface area (Å²) in [5, 5.41) is 6.08. The maximum absolute atomic E-state index is 13.1. The Kier molecular flexibility index (Phi) is 7.92. The molecule has 1 unspecified atom stereocenters. The highest BCUT2D eigenvalue weighted by atomic mass is 16.5. The van der Waals surface area contributed by atoms with Gasteiger partial charge < -0.3 is 25.1 Å². The lowest BCUT2D eigenvalue weighted by Crippen LogP contribution is -2.46. The molecule has 2 aliphatic heterocycles. The van der Waals surface area contributed by atoms with Crippen LogP contribution in [0.1, 0.15) is 39.9 Å². The second kappa shape index (κ2) is 11.3. The monoisotopic (exact) mass is 464 g/mol. The SMILES string of the molecule is CNC(=O)C(CCC=O)N1Cc2c(NCc3ccc(CN4CCOCC4)cc3)cccc2C1=O. The first-order valence-corrected chi connectivity index (χ1v) is 11.8. The van der Waals surface area contributed by atoms with Crippen LogP contribution in [0.25, 0.3) is 0 Å². The molecular weight excluding hydrogens is 432 g/mol. The van der Waals surface area contributed by atoms with E-state index in [4.69, 9.17) is 4.74 Å². The third kappa shape index (κ3) is 5.46. The van der Waals surface area contributed by atoms with Gasteiger partial charge in [0.1, 0.15) is 12.3 Å². The number of morpholine rings is 1. The fraction of sp³-hybridized carbons (Fsp3) is 0.423. The molecule has 2 amide bonds. The molecule has 1 fully saturated rings. The van der Waals surface area contributed by atoms with Crippen LogP contribution in [-0.2, 0) is 34.0 Å². The summed E-state index contributed by atoms with van der Waals surface area (Å²) in [4.78, 5) is 40.3. The van der Waals surface area contributed by atoms with Crippen LogP contribution < -0.4 is 10.6 Å². The second-order valence-corrected chi connectivity index (χ2v) is 8.70. The minimum atomic E-state index is -0.665. The highest BCUT2D eigenvalue weighted by molar-refractivity contribution is 6.02. The molecule has 2 aromatic rings. The number of aldehydes is 1. The Balaban J connectivity index is 1.41. The van der Waals surface area contributed by atoms with Crippen LogP contribution >= 0.6 is 0 Å². The molecule has 2 heterocycles. The van der Waals surface area contributed by atoms with E-state index >= 15 is 0 Å². The van der Waals surface area contributed by atoms with Gasteiger partial charge >= 0.3 is 0 Å². The number of fused-ring (bicyclic) bond motifs is 1. The van der Waals surface area contributed by atoms with E-state index in [0.29, 0.717) is 25.1 Å². The van der Waals surface area contributed by atoms with Gasteiger partial charge in [-0.05, 0) is 29.7 Å². The fourth-order valence-corrected chi connectivity index (χ4v) is 4.57. The summed E-state index contributed by atoms with van der Waals surface area (Å²) in [6.45, 7) is 5.42. The fourth-order valence-electron chi connectivity index (χ4n) is 4.57. The molecular formula is C26H32N4O4. The lowest BCUT2D eigenvalue weighted by Gasteiger charge is -2.26. The van der Waals surface area contributed by atoms with Crippen molar-refractivity contribution in [2.75, 3.05) is 38.7 Å². The Bertz CT molecular complexity index is 1020. The van der Waals surface area contributed by atoms with Gasteiger partial charge in [0, 0.05) is 63.0 Å². The van der Waals surface area contributed by atoms with Crippen molar-refractivity contribution in [2.24, 2.45) is 0 Å². The van der Waals surface area contributed by atoms with Gasteiger partial charge in [-0.3, -0.25) is 14.5 Å². The van der Waals surface area contributed by atoms with Gasteiger partial charge in [-0.15, -0.1) is 0 Å². The Hall–Kier alpha value is -3.23. The molecule has 0 bridgehead atoms. The number of hydrogen-bond acceptors (Lipinski definition) is 6. The molecule has 0 aromatic heterocycles. The first-order chi connectivity index (χ1) is 16.6. The van der Waals surface area contributed by atoms with Crippen LogP contribution in [0.4, 0.5) is 5.69 Å². The molecule has 0 radical (unpaired) electrons. The number of nitrogens with one attached hydrogen (secondary N) is 2. The minimum absolute atomic E-state index is 0.175. The minimum Gasteiger partial charge on any atom is -0.381 e. The molecule has 34 heavy (non-hydrogen) atoms. The number of nitrogens with zero attached hydrogens (tertiary/aromatic N) is 2. The molecule has 8 heteroatoms. The largest absolute Gasteiger partial charge is 0.381 e. The average Bonchev–Trinajstić information content (AvgIpc) is 3.21. The average molecular weight is 465 g/mol. The van der Waals surface area contributed by atoms with Crippen LogP contribution in [-0.4, -0.2) is 67.3 Å². The van der Waals surface area contributed by atoms with E-state index in [1.54, 1.807) is 18.0 Å². The van der Waals surface area contributed by atoms with E-state index in [9.17, 15) is 14.4 Å². The zero-order valence-corrected chi connectivity index (χ0v) is 19.6. The van der Waals surface area contributed by atoms with Crippen molar-refractivity contribution in [3.8, 4) is 0 Å². The molecule has 2 aliphatic rings. The lowest BCUT2D eigenvalue weighted by atomic mass is 10.1. The number of anilines is 1. The van der Waals surface area contributed by atoms with E-state index < -0.39 is 6.04 Å². The van der Waals surface area contributed by atoms with E-state index in [1.807, 2.05) is 12.1 Å². The van der Waals surface area contributed by atoms with Crippen LogP contribution in [0.15, 0.2) is 42.5 Å². The third-order valence-electron chi connectivity index (χ3n) is 6.49. The topological polar surface area (TPSA) is 91.0 Å². The number of rotatable bonds is 10. The molecule has 180 valence electrons. The number of carbonyl (C=O) groups is 3. The number of amides is 2. The summed E-state index contributed by atoms with van der Waals surface area (Å²) in [5.41, 5.74) is 4.81. The number of benzene rings is 2. The van der Waals surface area contributed by atoms with Gasteiger partial charge in [0.05, 0.1) is 13.2 Å². The maximum Gasteiger partial charge on any atom is 0.255 e. The zero-order valence-electron chi connectivity index (χ0n) is 19.6. The van der Waals surface area contributed by atoms with Gasteiger partial charge in [0.15, 0.2) is 0 Å². The predicted molar refractivity (Wildman–Crippen MR) is 129 cm³/mol. The molecule has 0 aliphatic carbocycles. The van der Waals surface area contributed by atoms with E-state index in [2.05, 4.69) is 39.8 Å². The number of carbonyl (C=O) groups excluding carboxylic acids is 3. The molecule has 2 aromatic carbocycles. The Morgan fingerprint density at radius 1 is 1.12 bits per heavy atom. The summed E-state index contributed by atoms with van der Waals surface area (Å²) in [6.07, 6.45) is 1.32. The molecule has 0 spiro atoms. The molecule has 8 nitrogen and oxygen atoms in total. The number of likely N-dealkylation sites (N-methyl/N-ethyl adjacent to an activating group) is 1. The smallest absolute Gasteiger partial charge is 0.255 e. The highest BCUT2D eigenvalue weighted by Crippen LogP contribution is 2.32. The van der Waals surface area contributed by atoms with Crippen molar-refractivity contribution in [3.63, 3.8) is 0 Å². The van der Waals surface area contributed by atoms with E-state index in [-0.39, 0.29) is 18.2 Å². The first-order valence-electron chi connectivity index (χ1n) is 11.8. The summed E-state index contributed by atoms with van der Waals surface area (Å²) >= 11 is 0. The van der Waals surface area contributed by atoms with Crippen LogP contribution in [0.3, 0.4) is 0 Å². The normalized spacial score (nSPS) is 16.7. The van der Waals surface area contributed by atoms with Gasteiger partial charge in [-0.25, -0.2) is 0 Å². The quantitative estimate of drug-likeness (QED) is 0.524. The van der Waals surface area contributed by atoms with Crippen LogP contribution in [0.2, 0.25) is 0 Å². The standard InChI is InChI=1S/C26H32N4O4/c1-27-25(32)24(6-3-13-31)30-18-22-21(26(30)33)4-2-5-23(22)28-16-19-7-9-20(10-8-19)17-29-11-14-34-15-12-29/h2,4-5,7-10,13,24,28H,3,6,11-12,14-18H2,1H3,(H,27,32). The molecule has 0 saturated carbocycles. The van der Waals surface area contributed by atoms with Crippen molar-refractivity contribution in [2.45, 2.75) is 38.5 Å². The van der Waals surface area contributed by atoms with E-state index in [1.165, 1.54) is 5.56 Å². The van der Waals surface area contributed by atoms with Crippen LogP contribution in [0, 0.1) is 0 Å². The summed E-state index contributed by atoms with van der Waals surface area (Å²) in [5.74, 6) is -0.430. The van der Waals surface area contributed by atoms with Crippen molar-refractivity contribution >= 4 is 23.8 Å². The molecule has 1 atom stereocenters. The summed E-state index contributed by atoms with van der Waals surface area (Å²) in [7, 11) is 1.54. The Labute approximate surface area is 200 Å². The molecule has 4 rings (SSSR count). The number of hydrogen-bond donors (Lipinski definition) is 2. The van der Waals surface area contributed by atoms with Gasteiger partial charge in [0.25, 0.3) is 5.91 Å². The molecule has 2 N–H and O–H groups in total.